The minimum Gasteiger partial charge on any atom is -0.336 e. The van der Waals surface area contributed by atoms with E-state index in [1.54, 1.807) is 17.5 Å². The summed E-state index contributed by atoms with van der Waals surface area (Å²) in [7, 11) is 2.10. The predicted octanol–water partition coefficient (Wildman–Crippen LogP) is 3.75. The fraction of sp³-hybridized carbons (Fsp3) is 0.476. The van der Waals surface area contributed by atoms with Crippen LogP contribution in [0.4, 0.5) is 0 Å². The van der Waals surface area contributed by atoms with Crippen molar-refractivity contribution in [1.82, 2.24) is 24.6 Å². The van der Waals surface area contributed by atoms with E-state index in [0.717, 1.165) is 48.5 Å². The third-order valence-electron chi connectivity index (χ3n) is 5.39. The van der Waals surface area contributed by atoms with Crippen molar-refractivity contribution in [2.45, 2.75) is 33.7 Å². The smallest absolute Gasteiger partial charge is 0.254 e. The lowest BCUT2D eigenvalue weighted by molar-refractivity contribution is 0.0666. The molecule has 0 N–H and O–H groups in total. The minimum absolute atomic E-state index is 0.0784. The minimum atomic E-state index is 0.0784. The highest BCUT2D eigenvalue weighted by Gasteiger charge is 2.25. The van der Waals surface area contributed by atoms with Crippen molar-refractivity contribution >= 4 is 28.3 Å². The molecule has 1 aliphatic rings. The molecule has 4 rings (SSSR count). The lowest BCUT2D eigenvalue weighted by atomic mass is 10.1. The Hall–Kier alpha value is -2.25. The summed E-state index contributed by atoms with van der Waals surface area (Å²) >= 11 is 1.76. The third kappa shape index (κ3) is 3.33. The Bertz CT molecular complexity index is 1030. The van der Waals surface area contributed by atoms with Gasteiger partial charge in [-0.1, -0.05) is 0 Å². The van der Waals surface area contributed by atoms with Crippen LogP contribution in [-0.2, 0) is 0 Å². The van der Waals surface area contributed by atoms with Crippen molar-refractivity contribution in [2.75, 3.05) is 33.2 Å². The Balaban J connectivity index is 1.87. The molecule has 1 aliphatic heterocycles. The average Bonchev–Trinajstić information content (AvgIpc) is 3.23. The Morgan fingerprint density at radius 1 is 1.14 bits per heavy atom. The molecule has 148 valence electrons. The van der Waals surface area contributed by atoms with Crippen LogP contribution in [0.25, 0.3) is 22.3 Å². The van der Waals surface area contributed by atoms with E-state index in [1.807, 2.05) is 15.6 Å². The number of carbonyl (C=O) groups excluding carboxylic acids is 1. The first-order valence-electron chi connectivity index (χ1n) is 9.78. The van der Waals surface area contributed by atoms with E-state index in [9.17, 15) is 4.79 Å². The van der Waals surface area contributed by atoms with Crippen LogP contribution in [-0.4, -0.2) is 63.7 Å². The summed E-state index contributed by atoms with van der Waals surface area (Å²) in [5.41, 5.74) is 3.45. The Morgan fingerprint density at radius 3 is 2.46 bits per heavy atom. The van der Waals surface area contributed by atoms with Crippen LogP contribution in [0.2, 0.25) is 0 Å². The van der Waals surface area contributed by atoms with E-state index < -0.39 is 0 Å². The SMILES string of the molecule is Cc1cc(-c2cc(C(=O)N3CCN(C)CC3)c3cnn(C(C)C)c3n2)c(C)s1. The van der Waals surface area contributed by atoms with Gasteiger partial charge in [-0.2, -0.15) is 5.10 Å². The number of hydrogen-bond donors (Lipinski definition) is 0. The normalized spacial score (nSPS) is 15.7. The van der Waals surface area contributed by atoms with Gasteiger partial charge in [0.1, 0.15) is 0 Å². The Morgan fingerprint density at radius 2 is 1.86 bits per heavy atom. The number of aromatic nitrogens is 3. The van der Waals surface area contributed by atoms with E-state index >= 15 is 0 Å². The van der Waals surface area contributed by atoms with Crippen LogP contribution in [0.1, 0.15) is 40.0 Å². The van der Waals surface area contributed by atoms with E-state index in [2.05, 4.69) is 50.8 Å². The molecule has 1 saturated heterocycles. The Labute approximate surface area is 169 Å². The van der Waals surface area contributed by atoms with Crippen LogP contribution in [0, 0.1) is 13.8 Å². The molecule has 0 aromatic carbocycles. The van der Waals surface area contributed by atoms with Gasteiger partial charge in [-0.3, -0.25) is 4.79 Å². The van der Waals surface area contributed by atoms with Gasteiger partial charge >= 0.3 is 0 Å². The van der Waals surface area contributed by atoms with Crippen molar-refractivity contribution in [1.29, 1.82) is 0 Å². The first-order chi connectivity index (χ1) is 13.3. The highest BCUT2D eigenvalue weighted by molar-refractivity contribution is 7.12. The monoisotopic (exact) mass is 397 g/mol. The molecule has 3 aromatic heterocycles. The van der Waals surface area contributed by atoms with Crippen LogP contribution in [0.5, 0.6) is 0 Å². The molecule has 0 saturated carbocycles. The standard InChI is InChI=1S/C21H27N5OS/c1-13(2)26-20-18(12-22-26)17(21(27)25-8-6-24(5)7-9-25)11-19(23-20)16-10-14(3)28-15(16)4/h10-13H,6-9H2,1-5H3. The molecule has 28 heavy (non-hydrogen) atoms. The molecule has 4 heterocycles. The van der Waals surface area contributed by atoms with Crippen molar-refractivity contribution in [2.24, 2.45) is 0 Å². The largest absolute Gasteiger partial charge is 0.336 e. The van der Waals surface area contributed by atoms with Gasteiger partial charge in [0.15, 0.2) is 5.65 Å². The molecule has 0 bridgehead atoms. The number of rotatable bonds is 3. The molecule has 0 unspecified atom stereocenters. The third-order valence-corrected chi connectivity index (χ3v) is 6.36. The summed E-state index contributed by atoms with van der Waals surface area (Å²) in [6, 6.07) is 4.30. The van der Waals surface area contributed by atoms with Gasteiger partial charge in [0.05, 0.1) is 22.8 Å². The zero-order chi connectivity index (χ0) is 20.0. The maximum absolute atomic E-state index is 13.4. The first kappa shape index (κ1) is 19.1. The molecule has 0 atom stereocenters. The molecule has 0 aliphatic carbocycles. The van der Waals surface area contributed by atoms with Crippen LogP contribution >= 0.6 is 11.3 Å². The first-order valence-corrected chi connectivity index (χ1v) is 10.6. The number of nitrogens with zero attached hydrogens (tertiary/aromatic N) is 5. The number of amides is 1. The van der Waals surface area contributed by atoms with Gasteiger partial charge in [-0.25, -0.2) is 9.67 Å². The van der Waals surface area contributed by atoms with E-state index in [4.69, 9.17) is 4.98 Å². The number of carbonyl (C=O) groups is 1. The van der Waals surface area contributed by atoms with Gasteiger partial charge in [-0.05, 0) is 46.9 Å². The molecule has 7 heteroatoms. The van der Waals surface area contributed by atoms with Crippen molar-refractivity contribution in [3.05, 3.63) is 33.6 Å². The van der Waals surface area contributed by atoms with E-state index in [-0.39, 0.29) is 11.9 Å². The zero-order valence-corrected chi connectivity index (χ0v) is 18.0. The second-order valence-corrected chi connectivity index (χ2v) is 9.36. The van der Waals surface area contributed by atoms with E-state index in [1.165, 1.54) is 9.75 Å². The molecule has 3 aromatic rings. The van der Waals surface area contributed by atoms with Gasteiger partial charge < -0.3 is 9.80 Å². The summed E-state index contributed by atoms with van der Waals surface area (Å²) in [6.07, 6.45) is 1.79. The number of pyridine rings is 1. The topological polar surface area (TPSA) is 54.3 Å². The fourth-order valence-corrected chi connectivity index (χ4v) is 4.71. The zero-order valence-electron chi connectivity index (χ0n) is 17.2. The summed E-state index contributed by atoms with van der Waals surface area (Å²) in [5.74, 6) is 0.0784. The summed E-state index contributed by atoms with van der Waals surface area (Å²) in [4.78, 5) is 25.0. The molecule has 6 nitrogen and oxygen atoms in total. The van der Waals surface area contributed by atoms with E-state index in [0.29, 0.717) is 5.56 Å². The van der Waals surface area contributed by atoms with Gasteiger partial charge in [-0.15, -0.1) is 11.3 Å². The highest BCUT2D eigenvalue weighted by Crippen LogP contribution is 2.33. The number of thiophene rings is 1. The molecular formula is C21H27N5OS. The second kappa shape index (κ2) is 7.29. The molecule has 1 amide bonds. The van der Waals surface area contributed by atoms with Gasteiger partial charge in [0.25, 0.3) is 5.91 Å². The quantitative estimate of drug-likeness (QED) is 0.675. The van der Waals surface area contributed by atoms with Crippen molar-refractivity contribution in [3.8, 4) is 11.3 Å². The van der Waals surface area contributed by atoms with Crippen molar-refractivity contribution in [3.63, 3.8) is 0 Å². The van der Waals surface area contributed by atoms with Crippen LogP contribution < -0.4 is 0 Å². The van der Waals surface area contributed by atoms with Gasteiger partial charge in [0, 0.05) is 47.5 Å². The number of piperazine rings is 1. The lowest BCUT2D eigenvalue weighted by Crippen LogP contribution is -2.47. The molecule has 0 spiro atoms. The number of fused-ring (bicyclic) bond motifs is 1. The molecule has 1 fully saturated rings. The number of likely N-dealkylation sites (N-methyl/N-ethyl adjacent to an activating group) is 1. The number of hydrogen-bond acceptors (Lipinski definition) is 5. The van der Waals surface area contributed by atoms with Crippen molar-refractivity contribution < 1.29 is 4.79 Å². The highest BCUT2D eigenvalue weighted by atomic mass is 32.1. The second-order valence-electron chi connectivity index (χ2n) is 7.90. The summed E-state index contributed by atoms with van der Waals surface area (Å²) < 4.78 is 1.91. The molecular weight excluding hydrogens is 370 g/mol. The predicted molar refractivity (Wildman–Crippen MR) is 114 cm³/mol. The maximum Gasteiger partial charge on any atom is 0.254 e. The summed E-state index contributed by atoms with van der Waals surface area (Å²) in [6.45, 7) is 11.7. The van der Waals surface area contributed by atoms with Gasteiger partial charge in [0.2, 0.25) is 0 Å². The maximum atomic E-state index is 13.4. The number of aryl methyl sites for hydroxylation is 2. The van der Waals surface area contributed by atoms with Crippen LogP contribution in [0.3, 0.4) is 0 Å². The Kier molecular flexibility index (Phi) is 4.97. The van der Waals surface area contributed by atoms with Crippen LogP contribution in [0.15, 0.2) is 18.3 Å². The fourth-order valence-electron chi connectivity index (χ4n) is 3.78. The lowest BCUT2D eigenvalue weighted by Gasteiger charge is -2.32. The average molecular weight is 398 g/mol. The molecule has 0 radical (unpaired) electrons. The summed E-state index contributed by atoms with van der Waals surface area (Å²) in [5, 5.41) is 5.37.